The van der Waals surface area contributed by atoms with Crippen molar-refractivity contribution in [3.8, 4) is 11.8 Å². The van der Waals surface area contributed by atoms with Crippen LogP contribution in [0.1, 0.15) is 12.5 Å². The molecule has 1 rings (SSSR count). The predicted molar refractivity (Wildman–Crippen MR) is 64.6 cm³/mol. The number of thiocarbonyl (C=S) groups is 1. The van der Waals surface area contributed by atoms with E-state index in [2.05, 4.69) is 38.9 Å². The lowest BCUT2D eigenvalue weighted by molar-refractivity contribution is -0.136. The number of hydrogen-bond acceptors (Lipinski definition) is 4. The first-order valence-electron chi connectivity index (χ1n) is 4.63. The number of carbonyl (C=O) groups is 1. The van der Waals surface area contributed by atoms with Crippen molar-refractivity contribution >= 4 is 29.0 Å². The Labute approximate surface area is 99.1 Å². The summed E-state index contributed by atoms with van der Waals surface area (Å²) in [5, 5.41) is 2.27. The third-order valence-electron chi connectivity index (χ3n) is 1.63. The largest absolute Gasteiger partial charge is 0.456 e. The van der Waals surface area contributed by atoms with Gasteiger partial charge in [-0.1, -0.05) is 5.92 Å². The van der Waals surface area contributed by atoms with Gasteiger partial charge in [0.15, 0.2) is 0 Å². The highest BCUT2D eigenvalue weighted by atomic mass is 32.1. The number of ether oxygens (including phenoxy) is 1. The van der Waals surface area contributed by atoms with Crippen LogP contribution in [0.4, 0.5) is 5.69 Å². The molecule has 16 heavy (non-hydrogen) atoms. The van der Waals surface area contributed by atoms with Crippen molar-refractivity contribution in [2.75, 3.05) is 6.61 Å². The summed E-state index contributed by atoms with van der Waals surface area (Å²) in [7, 11) is 0. The molecule has 4 heteroatoms. The Hall–Kier alpha value is -1.95. The van der Waals surface area contributed by atoms with Crippen LogP contribution in [0.3, 0.4) is 0 Å². The van der Waals surface area contributed by atoms with Crippen LogP contribution in [0.15, 0.2) is 29.3 Å². The Bertz CT molecular complexity index is 476. The van der Waals surface area contributed by atoms with Crippen molar-refractivity contribution < 1.29 is 9.53 Å². The zero-order valence-corrected chi connectivity index (χ0v) is 9.50. The second kappa shape index (κ2) is 6.52. The first-order chi connectivity index (χ1) is 7.76. The van der Waals surface area contributed by atoms with Crippen LogP contribution >= 0.6 is 12.2 Å². The van der Waals surface area contributed by atoms with Crippen LogP contribution in [-0.4, -0.2) is 17.7 Å². The van der Waals surface area contributed by atoms with Gasteiger partial charge in [0.05, 0.1) is 17.5 Å². The van der Waals surface area contributed by atoms with Gasteiger partial charge in [0.25, 0.3) is 0 Å². The molecule has 0 unspecified atom stereocenters. The van der Waals surface area contributed by atoms with Crippen molar-refractivity contribution in [3.05, 3.63) is 29.8 Å². The number of benzene rings is 1. The summed E-state index contributed by atoms with van der Waals surface area (Å²) in [5.74, 6) is 4.53. The Morgan fingerprint density at radius 3 is 2.69 bits per heavy atom. The van der Waals surface area contributed by atoms with Gasteiger partial charge >= 0.3 is 5.97 Å². The third kappa shape index (κ3) is 4.05. The average molecular weight is 231 g/mol. The van der Waals surface area contributed by atoms with Crippen LogP contribution in [-0.2, 0) is 9.53 Å². The summed E-state index contributed by atoms with van der Waals surface area (Å²) < 4.78 is 4.67. The van der Waals surface area contributed by atoms with E-state index >= 15 is 0 Å². The van der Waals surface area contributed by atoms with Gasteiger partial charge in [-0.15, -0.1) is 0 Å². The van der Waals surface area contributed by atoms with Crippen molar-refractivity contribution in [1.82, 2.24) is 0 Å². The summed E-state index contributed by atoms with van der Waals surface area (Å²) >= 11 is 4.48. The van der Waals surface area contributed by atoms with Crippen molar-refractivity contribution in [3.63, 3.8) is 0 Å². The summed E-state index contributed by atoms with van der Waals surface area (Å²) in [5.41, 5.74) is 1.42. The standard InChI is InChI=1S/C12H9NO2S/c1-2-15-12(14)8-5-10-3-6-11(7-4-10)13-9-16/h3-4,6-7H,2H2,1H3. The van der Waals surface area contributed by atoms with Crippen LogP contribution in [0.5, 0.6) is 0 Å². The van der Waals surface area contributed by atoms with Crippen LogP contribution in [0, 0.1) is 11.8 Å². The Kier molecular flexibility index (Phi) is 4.94. The van der Waals surface area contributed by atoms with E-state index in [1.165, 1.54) is 0 Å². The lowest BCUT2D eigenvalue weighted by Crippen LogP contribution is -1.99. The number of hydrogen-bond donors (Lipinski definition) is 0. The topological polar surface area (TPSA) is 38.7 Å². The molecule has 0 aliphatic heterocycles. The molecule has 0 N–H and O–H groups in total. The summed E-state index contributed by atoms with van der Waals surface area (Å²) in [6.07, 6.45) is 0. The molecule has 0 saturated carbocycles. The smallest absolute Gasteiger partial charge is 0.384 e. The van der Waals surface area contributed by atoms with E-state index in [0.29, 0.717) is 12.3 Å². The fraction of sp³-hybridized carbons (Fsp3) is 0.167. The maximum absolute atomic E-state index is 10.9. The summed E-state index contributed by atoms with van der Waals surface area (Å²) in [6.45, 7) is 2.06. The zero-order chi connectivity index (χ0) is 11.8. The van der Waals surface area contributed by atoms with Crippen molar-refractivity contribution in [2.24, 2.45) is 4.99 Å². The lowest BCUT2D eigenvalue weighted by atomic mass is 10.2. The van der Waals surface area contributed by atoms with E-state index in [0.717, 1.165) is 5.56 Å². The number of nitrogens with zero attached hydrogens (tertiary/aromatic N) is 1. The molecule has 0 saturated heterocycles. The number of aliphatic imine (C=N–C) groups is 1. The molecular formula is C12H9NO2S. The Balaban J connectivity index is 2.75. The van der Waals surface area contributed by atoms with Gasteiger partial charge in [0, 0.05) is 11.5 Å². The normalized spacial score (nSPS) is 8.31. The molecule has 0 aliphatic rings. The highest BCUT2D eigenvalue weighted by Crippen LogP contribution is 2.11. The minimum absolute atomic E-state index is 0.329. The quantitative estimate of drug-likeness (QED) is 0.339. The highest BCUT2D eigenvalue weighted by molar-refractivity contribution is 7.78. The fourth-order valence-corrected chi connectivity index (χ4v) is 1.07. The van der Waals surface area contributed by atoms with Gasteiger partial charge in [-0.2, -0.15) is 4.99 Å². The Morgan fingerprint density at radius 1 is 1.44 bits per heavy atom. The lowest BCUT2D eigenvalue weighted by Gasteiger charge is -1.92. The number of carbonyl (C=O) groups excluding carboxylic acids is 1. The molecular weight excluding hydrogens is 222 g/mol. The van der Waals surface area contributed by atoms with Gasteiger partial charge in [-0.25, -0.2) is 4.79 Å². The van der Waals surface area contributed by atoms with Crippen molar-refractivity contribution in [2.45, 2.75) is 6.92 Å². The van der Waals surface area contributed by atoms with E-state index in [1.54, 1.807) is 31.2 Å². The first kappa shape index (κ1) is 12.1. The second-order valence-corrected chi connectivity index (χ2v) is 2.90. The SMILES string of the molecule is CCOC(=O)C#Cc1ccc(N=C=S)cc1. The molecule has 0 radical (unpaired) electrons. The molecule has 0 aliphatic carbocycles. The molecule has 0 atom stereocenters. The summed E-state index contributed by atoms with van der Waals surface area (Å²) in [4.78, 5) is 14.7. The van der Waals surface area contributed by atoms with E-state index in [9.17, 15) is 4.79 Å². The highest BCUT2D eigenvalue weighted by Gasteiger charge is 1.93. The second-order valence-electron chi connectivity index (χ2n) is 2.72. The number of isothiocyanates is 1. The Morgan fingerprint density at radius 2 is 2.12 bits per heavy atom. The first-order valence-corrected chi connectivity index (χ1v) is 5.03. The molecule has 0 bridgehead atoms. The molecule has 0 spiro atoms. The monoisotopic (exact) mass is 231 g/mol. The van der Waals surface area contributed by atoms with E-state index in [4.69, 9.17) is 0 Å². The number of esters is 1. The molecule has 3 nitrogen and oxygen atoms in total. The van der Waals surface area contributed by atoms with Gasteiger partial charge in [0.2, 0.25) is 0 Å². The van der Waals surface area contributed by atoms with Gasteiger partial charge in [-0.3, -0.25) is 0 Å². The predicted octanol–water partition coefficient (Wildman–Crippen LogP) is 2.34. The van der Waals surface area contributed by atoms with E-state index in [-0.39, 0.29) is 0 Å². The van der Waals surface area contributed by atoms with Crippen LogP contribution in [0.2, 0.25) is 0 Å². The van der Waals surface area contributed by atoms with Crippen LogP contribution < -0.4 is 0 Å². The van der Waals surface area contributed by atoms with Gasteiger partial charge in [-0.05, 0) is 43.4 Å². The van der Waals surface area contributed by atoms with E-state index < -0.39 is 5.97 Å². The van der Waals surface area contributed by atoms with Crippen LogP contribution in [0.25, 0.3) is 0 Å². The van der Waals surface area contributed by atoms with Crippen molar-refractivity contribution in [1.29, 1.82) is 0 Å². The molecule has 1 aromatic rings. The maximum atomic E-state index is 10.9. The third-order valence-corrected chi connectivity index (χ3v) is 1.72. The molecule has 0 fully saturated rings. The molecule has 0 heterocycles. The number of rotatable bonds is 2. The molecule has 0 aromatic heterocycles. The molecule has 0 amide bonds. The summed E-state index contributed by atoms with van der Waals surface area (Å²) in [6, 6.07) is 6.98. The minimum Gasteiger partial charge on any atom is -0.456 e. The maximum Gasteiger partial charge on any atom is 0.384 e. The average Bonchev–Trinajstić information content (AvgIpc) is 2.29. The van der Waals surface area contributed by atoms with E-state index in [1.807, 2.05) is 0 Å². The molecule has 80 valence electrons. The fourth-order valence-electron chi connectivity index (χ4n) is 0.962. The minimum atomic E-state index is -0.525. The van der Waals surface area contributed by atoms with Gasteiger partial charge in [0.1, 0.15) is 0 Å². The molecule has 1 aromatic carbocycles. The zero-order valence-electron chi connectivity index (χ0n) is 8.69. The van der Waals surface area contributed by atoms with Gasteiger partial charge < -0.3 is 4.74 Å².